The molecule has 0 aliphatic heterocycles. The van der Waals surface area contributed by atoms with E-state index in [0.29, 0.717) is 0 Å². The number of carbonyl (C=O) groups is 1. The van der Waals surface area contributed by atoms with Gasteiger partial charge in [-0.15, -0.1) is 0 Å². The number of anilines is 1. The largest absolute Gasteiger partial charge is 0.515 e. The number of nitrogens with two attached hydrogens (primary N) is 1. The summed E-state index contributed by atoms with van der Waals surface area (Å²) in [5.41, 5.74) is 4.86. The SMILES string of the molecule is COc1c(Cl)ccc(-c2nc(N)c(Cl)c(OC(=O)OC(C)(C)C)n2)c1F. The molecule has 2 N–H and O–H groups in total. The number of methoxy groups -OCH3 is 1. The number of nitrogens with zero attached hydrogens (tertiary/aromatic N) is 2. The molecule has 1 heterocycles. The van der Waals surface area contributed by atoms with Crippen LogP contribution in [0.25, 0.3) is 11.4 Å². The van der Waals surface area contributed by atoms with Crippen molar-refractivity contribution in [3.8, 4) is 23.0 Å². The predicted molar refractivity (Wildman–Crippen MR) is 95.3 cm³/mol. The van der Waals surface area contributed by atoms with Crippen LogP contribution in [0.1, 0.15) is 20.8 Å². The number of halogens is 3. The van der Waals surface area contributed by atoms with Crippen LogP contribution < -0.4 is 15.2 Å². The third-order valence-electron chi connectivity index (χ3n) is 2.91. The van der Waals surface area contributed by atoms with Crippen LogP contribution in [-0.2, 0) is 4.74 Å². The first-order chi connectivity index (χ1) is 12.0. The summed E-state index contributed by atoms with van der Waals surface area (Å²) in [6.07, 6.45) is -1.04. The second-order valence-corrected chi connectivity index (χ2v) is 6.85. The Bertz CT molecular complexity index is 856. The van der Waals surface area contributed by atoms with Gasteiger partial charge in [-0.2, -0.15) is 4.98 Å². The van der Waals surface area contributed by atoms with Gasteiger partial charge in [0.15, 0.2) is 17.4 Å². The van der Waals surface area contributed by atoms with Gasteiger partial charge < -0.3 is 19.9 Å². The number of aromatic nitrogens is 2. The summed E-state index contributed by atoms with van der Waals surface area (Å²) in [6, 6.07) is 2.74. The first-order valence-electron chi connectivity index (χ1n) is 7.29. The third kappa shape index (κ3) is 4.44. The van der Waals surface area contributed by atoms with E-state index in [9.17, 15) is 9.18 Å². The lowest BCUT2D eigenvalue weighted by Gasteiger charge is -2.18. The van der Waals surface area contributed by atoms with Gasteiger partial charge in [0, 0.05) is 0 Å². The molecule has 1 aromatic heterocycles. The summed E-state index contributed by atoms with van der Waals surface area (Å²) in [7, 11) is 1.27. The molecule has 0 bridgehead atoms. The van der Waals surface area contributed by atoms with E-state index in [1.165, 1.54) is 19.2 Å². The van der Waals surface area contributed by atoms with E-state index in [2.05, 4.69) is 9.97 Å². The summed E-state index contributed by atoms with van der Waals surface area (Å²) in [6.45, 7) is 4.97. The van der Waals surface area contributed by atoms with E-state index in [1.807, 2.05) is 0 Å². The number of carbonyl (C=O) groups excluding carboxylic acids is 1. The minimum Gasteiger partial charge on any atom is -0.492 e. The third-order valence-corrected chi connectivity index (χ3v) is 3.56. The van der Waals surface area contributed by atoms with Crippen LogP contribution in [0.2, 0.25) is 10.0 Å². The van der Waals surface area contributed by atoms with Gasteiger partial charge in [-0.25, -0.2) is 14.2 Å². The maximum atomic E-state index is 14.6. The number of rotatable bonds is 3. The smallest absolute Gasteiger partial charge is 0.492 e. The molecule has 0 amide bonds. The van der Waals surface area contributed by atoms with Crippen LogP contribution >= 0.6 is 23.2 Å². The molecule has 0 saturated heterocycles. The Balaban J connectivity index is 2.47. The highest BCUT2D eigenvalue weighted by Gasteiger charge is 2.23. The summed E-state index contributed by atoms with van der Waals surface area (Å²) in [5, 5.41) is -0.137. The average molecular weight is 404 g/mol. The number of benzene rings is 1. The van der Waals surface area contributed by atoms with Crippen LogP contribution in [0.4, 0.5) is 15.0 Å². The topological polar surface area (TPSA) is 96.6 Å². The zero-order valence-electron chi connectivity index (χ0n) is 14.4. The molecule has 0 radical (unpaired) electrons. The van der Waals surface area contributed by atoms with Gasteiger partial charge in [0.2, 0.25) is 0 Å². The highest BCUT2D eigenvalue weighted by molar-refractivity contribution is 6.34. The van der Waals surface area contributed by atoms with Crippen LogP contribution in [0.5, 0.6) is 11.6 Å². The lowest BCUT2D eigenvalue weighted by atomic mass is 10.2. The molecule has 0 spiro atoms. The van der Waals surface area contributed by atoms with Gasteiger partial charge in [-0.1, -0.05) is 23.2 Å². The van der Waals surface area contributed by atoms with Crippen LogP contribution in [0.15, 0.2) is 12.1 Å². The fourth-order valence-electron chi connectivity index (χ4n) is 1.87. The molecule has 2 rings (SSSR count). The zero-order valence-corrected chi connectivity index (χ0v) is 15.9. The second-order valence-electron chi connectivity index (χ2n) is 6.06. The first-order valence-corrected chi connectivity index (χ1v) is 8.05. The molecule has 0 unspecified atom stereocenters. The number of nitrogen functional groups attached to an aromatic ring is 1. The average Bonchev–Trinajstić information content (AvgIpc) is 2.50. The van der Waals surface area contributed by atoms with Crippen molar-refractivity contribution in [2.45, 2.75) is 26.4 Å². The van der Waals surface area contributed by atoms with E-state index in [0.717, 1.165) is 0 Å². The van der Waals surface area contributed by atoms with Crippen molar-refractivity contribution >= 4 is 35.2 Å². The van der Waals surface area contributed by atoms with Crippen molar-refractivity contribution in [2.24, 2.45) is 0 Å². The minimum absolute atomic E-state index is 0.0661. The molecular weight excluding hydrogens is 388 g/mol. The molecule has 0 aliphatic rings. The Morgan fingerprint density at radius 2 is 1.88 bits per heavy atom. The normalized spacial score (nSPS) is 11.2. The highest BCUT2D eigenvalue weighted by atomic mass is 35.5. The maximum Gasteiger partial charge on any atom is 0.515 e. The van der Waals surface area contributed by atoms with Gasteiger partial charge in [0.25, 0.3) is 5.88 Å². The van der Waals surface area contributed by atoms with Gasteiger partial charge in [-0.3, -0.25) is 0 Å². The van der Waals surface area contributed by atoms with Crippen molar-refractivity contribution < 1.29 is 23.4 Å². The fraction of sp³-hybridized carbons (Fsp3) is 0.312. The van der Waals surface area contributed by atoms with Gasteiger partial charge in [0.05, 0.1) is 17.7 Å². The van der Waals surface area contributed by atoms with Gasteiger partial charge in [-0.05, 0) is 32.9 Å². The Morgan fingerprint density at radius 1 is 1.23 bits per heavy atom. The molecule has 0 atom stereocenters. The van der Waals surface area contributed by atoms with Crippen LogP contribution in [0.3, 0.4) is 0 Å². The van der Waals surface area contributed by atoms with Crippen LogP contribution in [-0.4, -0.2) is 28.8 Å². The van der Waals surface area contributed by atoms with E-state index < -0.39 is 17.6 Å². The lowest BCUT2D eigenvalue weighted by Crippen LogP contribution is -2.26. The summed E-state index contributed by atoms with van der Waals surface area (Å²) >= 11 is 11.8. The van der Waals surface area contributed by atoms with Gasteiger partial charge in [0.1, 0.15) is 16.4 Å². The zero-order chi connectivity index (χ0) is 19.6. The minimum atomic E-state index is -1.04. The maximum absolute atomic E-state index is 14.6. The molecule has 1 aromatic carbocycles. The molecule has 140 valence electrons. The molecular formula is C16H16Cl2FN3O4. The number of hydrogen-bond acceptors (Lipinski definition) is 7. The molecule has 0 fully saturated rings. The molecule has 7 nitrogen and oxygen atoms in total. The van der Waals surface area contributed by atoms with Crippen molar-refractivity contribution in [1.29, 1.82) is 0 Å². The Kier molecular flexibility index (Phi) is 5.77. The van der Waals surface area contributed by atoms with Crippen LogP contribution in [0, 0.1) is 5.82 Å². The van der Waals surface area contributed by atoms with Crippen molar-refractivity contribution in [2.75, 3.05) is 12.8 Å². The van der Waals surface area contributed by atoms with Crippen molar-refractivity contribution in [3.63, 3.8) is 0 Å². The summed E-state index contributed by atoms with van der Waals surface area (Å²) in [4.78, 5) is 19.7. The van der Waals surface area contributed by atoms with E-state index in [-0.39, 0.29) is 38.9 Å². The molecule has 0 aliphatic carbocycles. The Labute approximate surface area is 159 Å². The monoisotopic (exact) mass is 403 g/mol. The first kappa shape index (κ1) is 20.0. The van der Waals surface area contributed by atoms with E-state index >= 15 is 0 Å². The number of hydrogen-bond donors (Lipinski definition) is 1. The Morgan fingerprint density at radius 3 is 2.46 bits per heavy atom. The molecule has 10 heteroatoms. The lowest BCUT2D eigenvalue weighted by molar-refractivity contribution is 0.0197. The number of ether oxygens (including phenoxy) is 3. The van der Waals surface area contributed by atoms with E-state index in [4.69, 9.17) is 43.1 Å². The standard InChI is InChI=1S/C16H16Cl2FN3O4/c1-16(2,3)26-15(23)25-14-9(18)12(20)21-13(22-14)7-5-6-8(17)11(24-4)10(7)19/h5-6H,1-4H3,(H2,20,21,22). The predicted octanol–water partition coefficient (Wildman–Crippen LogP) is 4.49. The summed E-state index contributed by atoms with van der Waals surface area (Å²) < 4.78 is 29.5. The molecule has 2 aromatic rings. The van der Waals surface area contributed by atoms with Gasteiger partial charge >= 0.3 is 6.16 Å². The second kappa shape index (κ2) is 7.51. The Hall–Kier alpha value is -2.32. The van der Waals surface area contributed by atoms with Crippen molar-refractivity contribution in [3.05, 3.63) is 28.0 Å². The highest BCUT2D eigenvalue weighted by Crippen LogP contribution is 2.36. The van der Waals surface area contributed by atoms with E-state index in [1.54, 1.807) is 20.8 Å². The molecule has 26 heavy (non-hydrogen) atoms. The molecule has 0 saturated carbocycles. The summed E-state index contributed by atoms with van der Waals surface area (Å²) in [5.74, 6) is -1.72. The van der Waals surface area contributed by atoms with Crippen molar-refractivity contribution in [1.82, 2.24) is 9.97 Å². The quantitative estimate of drug-likeness (QED) is 0.753. The fourth-order valence-corrected chi connectivity index (χ4v) is 2.22.